The molecule has 2 aliphatic rings. The topological polar surface area (TPSA) is 96.0 Å². The van der Waals surface area contributed by atoms with Crippen LogP contribution in [0, 0.1) is 0 Å². The Morgan fingerprint density at radius 1 is 1.06 bits per heavy atom. The van der Waals surface area contributed by atoms with Crippen molar-refractivity contribution in [2.45, 2.75) is 36.6 Å². The van der Waals surface area contributed by atoms with E-state index in [9.17, 15) is 18.0 Å². The van der Waals surface area contributed by atoms with Crippen LogP contribution in [-0.4, -0.2) is 57.3 Å². The average Bonchev–Trinajstić information content (AvgIpc) is 3.19. The summed E-state index contributed by atoms with van der Waals surface area (Å²) < 4.78 is 32.3. The van der Waals surface area contributed by atoms with Crippen molar-refractivity contribution in [3.8, 4) is 5.75 Å². The number of carbonyl (C=O) groups excluding carboxylic acids is 2. The van der Waals surface area contributed by atoms with Crippen LogP contribution in [0.2, 0.25) is 0 Å². The van der Waals surface area contributed by atoms with E-state index in [0.717, 1.165) is 24.9 Å². The molecule has 4 rings (SSSR count). The van der Waals surface area contributed by atoms with Gasteiger partial charge in [-0.2, -0.15) is 4.31 Å². The minimum atomic E-state index is -3.54. The molecule has 170 valence electrons. The summed E-state index contributed by atoms with van der Waals surface area (Å²) in [7, 11) is -1.97. The molecule has 1 atom stereocenters. The second-order valence-corrected chi connectivity index (χ2v) is 10.0. The fraction of sp³-hybridized carbons (Fsp3) is 0.391. The number of rotatable bonds is 6. The first-order valence-electron chi connectivity index (χ1n) is 10.7. The summed E-state index contributed by atoms with van der Waals surface area (Å²) in [6.07, 6.45) is 2.98. The summed E-state index contributed by atoms with van der Waals surface area (Å²) in [5.74, 6) is 0.242. The second-order valence-electron chi connectivity index (χ2n) is 8.07. The maximum absolute atomic E-state index is 12.8. The Labute approximate surface area is 188 Å². The van der Waals surface area contributed by atoms with Gasteiger partial charge in [-0.1, -0.05) is 12.5 Å². The lowest BCUT2D eigenvalue weighted by molar-refractivity contribution is -0.117. The number of amides is 2. The number of hydrogen-bond acceptors (Lipinski definition) is 5. The van der Waals surface area contributed by atoms with Gasteiger partial charge in [0.2, 0.25) is 15.9 Å². The van der Waals surface area contributed by atoms with E-state index in [1.807, 2.05) is 12.1 Å². The van der Waals surface area contributed by atoms with E-state index in [4.69, 9.17) is 4.74 Å². The summed E-state index contributed by atoms with van der Waals surface area (Å²) >= 11 is 0. The van der Waals surface area contributed by atoms with Crippen LogP contribution in [0.25, 0.3) is 0 Å². The summed E-state index contributed by atoms with van der Waals surface area (Å²) in [6.45, 7) is 1.42. The molecule has 0 aliphatic carbocycles. The lowest BCUT2D eigenvalue weighted by atomic mass is 10.2. The highest BCUT2D eigenvalue weighted by Gasteiger charge is 2.32. The monoisotopic (exact) mass is 457 g/mol. The Kier molecular flexibility index (Phi) is 6.48. The molecule has 0 saturated carbocycles. The van der Waals surface area contributed by atoms with E-state index in [0.29, 0.717) is 30.9 Å². The van der Waals surface area contributed by atoms with E-state index >= 15 is 0 Å². The van der Waals surface area contributed by atoms with Gasteiger partial charge in [0.05, 0.1) is 18.0 Å². The van der Waals surface area contributed by atoms with Crippen LogP contribution in [-0.2, 0) is 14.8 Å². The van der Waals surface area contributed by atoms with Crippen molar-refractivity contribution >= 4 is 27.5 Å². The molecule has 2 fully saturated rings. The standard InChI is InChI=1S/C23H27N3O5S/c1-31-20-7-5-6-19(15-20)26-16-18(14-22(26)27)24-23(28)17-8-10-21(11-9-17)32(29,30)25-12-3-2-4-13-25/h5-11,15,18H,2-4,12-14,16H2,1H3,(H,24,28)/t18-/m1/s1. The number of ether oxygens (including phenoxy) is 1. The Hall–Kier alpha value is -2.91. The molecule has 2 saturated heterocycles. The number of methoxy groups -OCH3 is 1. The zero-order valence-corrected chi connectivity index (χ0v) is 18.8. The molecule has 2 aromatic rings. The van der Waals surface area contributed by atoms with Gasteiger partial charge in [-0.3, -0.25) is 9.59 Å². The molecule has 0 spiro atoms. The number of hydrogen-bond donors (Lipinski definition) is 1. The quantitative estimate of drug-likeness (QED) is 0.719. The Morgan fingerprint density at radius 2 is 1.78 bits per heavy atom. The SMILES string of the molecule is COc1cccc(N2C[C@H](NC(=O)c3ccc(S(=O)(=O)N4CCCCC4)cc3)CC2=O)c1. The van der Waals surface area contributed by atoms with Crippen molar-refractivity contribution in [3.05, 3.63) is 54.1 Å². The normalized spacial score (nSPS) is 19.7. The van der Waals surface area contributed by atoms with E-state index in [1.54, 1.807) is 24.1 Å². The maximum atomic E-state index is 12.8. The molecule has 0 bridgehead atoms. The second kappa shape index (κ2) is 9.30. The van der Waals surface area contributed by atoms with Gasteiger partial charge in [-0.15, -0.1) is 0 Å². The van der Waals surface area contributed by atoms with Crippen molar-refractivity contribution in [2.75, 3.05) is 31.6 Å². The highest BCUT2D eigenvalue weighted by atomic mass is 32.2. The number of nitrogens with zero attached hydrogens (tertiary/aromatic N) is 2. The van der Waals surface area contributed by atoms with Crippen LogP contribution in [0.5, 0.6) is 5.75 Å². The molecular formula is C23H27N3O5S. The van der Waals surface area contributed by atoms with Gasteiger partial charge < -0.3 is 15.0 Å². The third-order valence-corrected chi connectivity index (χ3v) is 7.81. The van der Waals surface area contributed by atoms with Crippen LogP contribution >= 0.6 is 0 Å². The Morgan fingerprint density at radius 3 is 2.47 bits per heavy atom. The van der Waals surface area contributed by atoms with Crippen molar-refractivity contribution in [3.63, 3.8) is 0 Å². The van der Waals surface area contributed by atoms with Crippen molar-refractivity contribution in [2.24, 2.45) is 0 Å². The zero-order chi connectivity index (χ0) is 22.7. The fourth-order valence-electron chi connectivity index (χ4n) is 4.13. The average molecular weight is 458 g/mol. The van der Waals surface area contributed by atoms with E-state index < -0.39 is 10.0 Å². The van der Waals surface area contributed by atoms with Gasteiger partial charge in [0.25, 0.3) is 5.91 Å². The predicted molar refractivity (Wildman–Crippen MR) is 120 cm³/mol. The number of sulfonamides is 1. The first-order valence-corrected chi connectivity index (χ1v) is 12.2. The van der Waals surface area contributed by atoms with Crippen molar-refractivity contribution < 1.29 is 22.7 Å². The first kappa shape index (κ1) is 22.3. The van der Waals surface area contributed by atoms with Crippen molar-refractivity contribution in [1.29, 1.82) is 0 Å². The fourth-order valence-corrected chi connectivity index (χ4v) is 5.65. The van der Waals surface area contributed by atoms with Gasteiger partial charge in [0.1, 0.15) is 5.75 Å². The van der Waals surface area contributed by atoms with Crippen LogP contribution in [0.15, 0.2) is 53.4 Å². The van der Waals surface area contributed by atoms with Gasteiger partial charge in [-0.25, -0.2) is 8.42 Å². The lowest BCUT2D eigenvalue weighted by Gasteiger charge is -2.25. The van der Waals surface area contributed by atoms with Gasteiger partial charge in [-0.05, 0) is 49.2 Å². The third kappa shape index (κ3) is 4.63. The summed E-state index contributed by atoms with van der Waals surface area (Å²) in [5, 5.41) is 2.88. The highest BCUT2D eigenvalue weighted by Crippen LogP contribution is 2.26. The molecule has 2 amide bonds. The van der Waals surface area contributed by atoms with E-state index in [2.05, 4.69) is 5.32 Å². The number of nitrogens with one attached hydrogen (secondary N) is 1. The zero-order valence-electron chi connectivity index (χ0n) is 18.0. The third-order valence-electron chi connectivity index (χ3n) is 5.89. The molecular weight excluding hydrogens is 430 g/mol. The smallest absolute Gasteiger partial charge is 0.251 e. The molecule has 2 heterocycles. The molecule has 32 heavy (non-hydrogen) atoms. The summed E-state index contributed by atoms with van der Waals surface area (Å²) in [4.78, 5) is 27.0. The molecule has 2 aromatic carbocycles. The molecule has 1 N–H and O–H groups in total. The minimum absolute atomic E-state index is 0.0773. The molecule has 9 heteroatoms. The Bertz CT molecular complexity index is 1090. The summed E-state index contributed by atoms with van der Waals surface area (Å²) in [5.41, 5.74) is 1.08. The number of anilines is 1. The van der Waals surface area contributed by atoms with Gasteiger partial charge in [0, 0.05) is 43.4 Å². The van der Waals surface area contributed by atoms with Crippen LogP contribution in [0.3, 0.4) is 0 Å². The molecule has 0 unspecified atom stereocenters. The highest BCUT2D eigenvalue weighted by molar-refractivity contribution is 7.89. The number of carbonyl (C=O) groups is 2. The van der Waals surface area contributed by atoms with Gasteiger partial charge >= 0.3 is 0 Å². The van der Waals surface area contributed by atoms with Gasteiger partial charge in [0.15, 0.2) is 0 Å². The molecule has 8 nitrogen and oxygen atoms in total. The van der Waals surface area contributed by atoms with Crippen LogP contribution in [0.1, 0.15) is 36.0 Å². The van der Waals surface area contributed by atoms with Crippen LogP contribution < -0.4 is 15.0 Å². The predicted octanol–water partition coefficient (Wildman–Crippen LogP) is 2.41. The molecule has 0 radical (unpaired) electrons. The van der Waals surface area contributed by atoms with Crippen molar-refractivity contribution in [1.82, 2.24) is 9.62 Å². The molecule has 2 aliphatic heterocycles. The minimum Gasteiger partial charge on any atom is -0.497 e. The largest absolute Gasteiger partial charge is 0.497 e. The van der Waals surface area contributed by atoms with E-state index in [1.165, 1.54) is 28.6 Å². The lowest BCUT2D eigenvalue weighted by Crippen LogP contribution is -2.37. The van der Waals surface area contributed by atoms with Crippen LogP contribution in [0.4, 0.5) is 5.69 Å². The molecule has 0 aromatic heterocycles. The first-order chi connectivity index (χ1) is 15.4. The summed E-state index contributed by atoms with van der Waals surface area (Å²) in [6, 6.07) is 12.9. The Balaban J connectivity index is 1.40. The number of benzene rings is 2. The number of piperidine rings is 1. The maximum Gasteiger partial charge on any atom is 0.251 e. The van der Waals surface area contributed by atoms with E-state index in [-0.39, 0.29) is 29.2 Å².